The van der Waals surface area contributed by atoms with E-state index < -0.39 is 0 Å². The lowest BCUT2D eigenvalue weighted by atomic mass is 9.87. The third kappa shape index (κ3) is 1.61. The Morgan fingerprint density at radius 2 is 2.19 bits per heavy atom. The summed E-state index contributed by atoms with van der Waals surface area (Å²) in [4.78, 5) is 2.65. The fraction of sp³-hybridized carbons (Fsp3) is 0.571. The molecule has 0 spiro atoms. The van der Waals surface area contributed by atoms with Crippen LogP contribution in [0.25, 0.3) is 0 Å². The number of hydrogen-bond acceptors (Lipinski definition) is 2. The minimum absolute atomic E-state index is 0.684. The summed E-state index contributed by atoms with van der Waals surface area (Å²) in [5.74, 6) is 1.00. The lowest BCUT2D eigenvalue weighted by Gasteiger charge is -2.40. The molecule has 2 heteroatoms. The lowest BCUT2D eigenvalue weighted by Crippen LogP contribution is -2.38. The normalized spacial score (nSPS) is 24.7. The molecule has 1 aromatic rings. The summed E-state index contributed by atoms with van der Waals surface area (Å²) in [6.07, 6.45) is 5.27. The van der Waals surface area contributed by atoms with Gasteiger partial charge in [0, 0.05) is 12.6 Å². The largest absolute Gasteiger partial charge is 0.497 e. The highest BCUT2D eigenvalue weighted by Gasteiger charge is 2.29. The molecule has 0 saturated carbocycles. The van der Waals surface area contributed by atoms with Gasteiger partial charge in [-0.05, 0) is 49.1 Å². The Morgan fingerprint density at radius 1 is 1.25 bits per heavy atom. The molecule has 0 radical (unpaired) electrons. The number of rotatable bonds is 1. The van der Waals surface area contributed by atoms with Gasteiger partial charge < -0.3 is 4.74 Å². The van der Waals surface area contributed by atoms with Crippen molar-refractivity contribution in [3.63, 3.8) is 0 Å². The molecule has 1 atom stereocenters. The molecular weight excluding hydrogens is 198 g/mol. The van der Waals surface area contributed by atoms with Crippen molar-refractivity contribution in [2.24, 2.45) is 0 Å². The molecule has 3 rings (SSSR count). The van der Waals surface area contributed by atoms with E-state index in [0.29, 0.717) is 6.04 Å². The SMILES string of the molecule is COc1ccc2c(c1)CCN1CCCCC21. The molecule has 2 aliphatic heterocycles. The molecule has 2 heterocycles. The molecule has 0 bridgehead atoms. The monoisotopic (exact) mass is 217 g/mol. The second kappa shape index (κ2) is 4.10. The van der Waals surface area contributed by atoms with Crippen molar-refractivity contribution in [1.82, 2.24) is 4.90 Å². The average molecular weight is 217 g/mol. The maximum atomic E-state index is 5.30. The van der Waals surface area contributed by atoms with Crippen molar-refractivity contribution in [3.05, 3.63) is 29.3 Å². The number of benzene rings is 1. The summed E-state index contributed by atoms with van der Waals surface area (Å²) in [5.41, 5.74) is 3.05. The van der Waals surface area contributed by atoms with Crippen molar-refractivity contribution in [3.8, 4) is 5.75 Å². The number of ether oxygens (including phenoxy) is 1. The molecule has 2 aliphatic rings. The van der Waals surface area contributed by atoms with Crippen LogP contribution in [0.4, 0.5) is 0 Å². The van der Waals surface area contributed by atoms with E-state index in [0.717, 1.165) is 5.75 Å². The predicted octanol–water partition coefficient (Wildman–Crippen LogP) is 2.78. The maximum absolute atomic E-state index is 5.30. The molecule has 1 unspecified atom stereocenters. The summed E-state index contributed by atoms with van der Waals surface area (Å²) >= 11 is 0. The Balaban J connectivity index is 1.96. The van der Waals surface area contributed by atoms with E-state index in [1.807, 2.05) is 0 Å². The van der Waals surface area contributed by atoms with Gasteiger partial charge in [0.2, 0.25) is 0 Å². The highest BCUT2D eigenvalue weighted by molar-refractivity contribution is 5.39. The van der Waals surface area contributed by atoms with Crippen LogP contribution in [0, 0.1) is 0 Å². The molecule has 1 aromatic carbocycles. The van der Waals surface area contributed by atoms with Crippen molar-refractivity contribution < 1.29 is 4.74 Å². The molecule has 0 amide bonds. The minimum Gasteiger partial charge on any atom is -0.497 e. The van der Waals surface area contributed by atoms with E-state index in [2.05, 4.69) is 23.1 Å². The van der Waals surface area contributed by atoms with Crippen LogP contribution in [0.1, 0.15) is 36.4 Å². The first-order chi connectivity index (χ1) is 7.88. The zero-order chi connectivity index (χ0) is 11.0. The molecule has 1 fully saturated rings. The second-order valence-corrected chi connectivity index (χ2v) is 4.86. The molecule has 1 saturated heterocycles. The van der Waals surface area contributed by atoms with E-state index in [-0.39, 0.29) is 0 Å². The summed E-state index contributed by atoms with van der Waals surface area (Å²) in [7, 11) is 1.75. The van der Waals surface area contributed by atoms with Crippen LogP contribution in [0.15, 0.2) is 18.2 Å². The van der Waals surface area contributed by atoms with E-state index in [4.69, 9.17) is 4.74 Å². The summed E-state index contributed by atoms with van der Waals surface area (Å²) in [6, 6.07) is 7.29. The summed E-state index contributed by atoms with van der Waals surface area (Å²) in [5, 5.41) is 0. The van der Waals surface area contributed by atoms with Crippen LogP contribution >= 0.6 is 0 Å². The zero-order valence-corrected chi connectivity index (χ0v) is 9.91. The summed E-state index contributed by atoms with van der Waals surface area (Å²) in [6.45, 7) is 2.51. The molecule has 0 N–H and O–H groups in total. The Kier molecular flexibility index (Phi) is 2.60. The van der Waals surface area contributed by atoms with Gasteiger partial charge in [-0.1, -0.05) is 12.5 Å². The van der Waals surface area contributed by atoms with Crippen molar-refractivity contribution >= 4 is 0 Å². The van der Waals surface area contributed by atoms with E-state index >= 15 is 0 Å². The van der Waals surface area contributed by atoms with Crippen molar-refractivity contribution in [2.45, 2.75) is 31.7 Å². The number of methoxy groups -OCH3 is 1. The highest BCUT2D eigenvalue weighted by atomic mass is 16.5. The number of fused-ring (bicyclic) bond motifs is 3. The number of nitrogens with zero attached hydrogens (tertiary/aromatic N) is 1. The highest BCUT2D eigenvalue weighted by Crippen LogP contribution is 2.37. The van der Waals surface area contributed by atoms with Crippen LogP contribution in [-0.4, -0.2) is 25.1 Å². The number of hydrogen-bond donors (Lipinski definition) is 0. The molecule has 86 valence electrons. The first-order valence-electron chi connectivity index (χ1n) is 6.29. The van der Waals surface area contributed by atoms with Gasteiger partial charge in [0.1, 0.15) is 5.75 Å². The Labute approximate surface area is 97.2 Å². The van der Waals surface area contributed by atoms with Crippen molar-refractivity contribution in [1.29, 1.82) is 0 Å². The van der Waals surface area contributed by atoms with E-state index in [1.54, 1.807) is 12.7 Å². The van der Waals surface area contributed by atoms with E-state index in [1.165, 1.54) is 44.3 Å². The Hall–Kier alpha value is -1.02. The van der Waals surface area contributed by atoms with Crippen LogP contribution in [0.3, 0.4) is 0 Å². The standard InChI is InChI=1S/C14H19NO/c1-16-12-5-6-13-11(10-12)7-9-15-8-3-2-4-14(13)15/h5-6,10,14H,2-4,7-9H2,1H3. The number of piperidine rings is 1. The fourth-order valence-corrected chi connectivity index (χ4v) is 3.13. The van der Waals surface area contributed by atoms with Gasteiger partial charge in [0.05, 0.1) is 7.11 Å². The molecule has 16 heavy (non-hydrogen) atoms. The first-order valence-corrected chi connectivity index (χ1v) is 6.29. The van der Waals surface area contributed by atoms with Gasteiger partial charge in [-0.2, -0.15) is 0 Å². The average Bonchev–Trinajstić information content (AvgIpc) is 2.38. The first kappa shape index (κ1) is 10.2. The van der Waals surface area contributed by atoms with Gasteiger partial charge in [-0.15, -0.1) is 0 Å². The van der Waals surface area contributed by atoms with Crippen LogP contribution in [0.2, 0.25) is 0 Å². The van der Waals surface area contributed by atoms with Gasteiger partial charge in [-0.25, -0.2) is 0 Å². The lowest BCUT2D eigenvalue weighted by molar-refractivity contribution is 0.138. The third-order valence-corrected chi connectivity index (χ3v) is 3.99. The Bertz CT molecular complexity index is 388. The van der Waals surface area contributed by atoms with Crippen molar-refractivity contribution in [2.75, 3.05) is 20.2 Å². The molecule has 0 aromatic heterocycles. The van der Waals surface area contributed by atoms with Gasteiger partial charge in [0.25, 0.3) is 0 Å². The fourth-order valence-electron chi connectivity index (χ4n) is 3.13. The summed E-state index contributed by atoms with van der Waals surface area (Å²) < 4.78 is 5.30. The quantitative estimate of drug-likeness (QED) is 0.717. The van der Waals surface area contributed by atoms with Crippen LogP contribution in [-0.2, 0) is 6.42 Å². The Morgan fingerprint density at radius 3 is 3.06 bits per heavy atom. The van der Waals surface area contributed by atoms with Gasteiger partial charge in [0.15, 0.2) is 0 Å². The second-order valence-electron chi connectivity index (χ2n) is 4.86. The molecular formula is C14H19NO. The van der Waals surface area contributed by atoms with Crippen LogP contribution in [0.5, 0.6) is 5.75 Å². The van der Waals surface area contributed by atoms with Gasteiger partial charge in [-0.3, -0.25) is 4.90 Å². The molecule has 0 aliphatic carbocycles. The maximum Gasteiger partial charge on any atom is 0.119 e. The predicted molar refractivity (Wildman–Crippen MR) is 64.9 cm³/mol. The third-order valence-electron chi connectivity index (χ3n) is 3.99. The minimum atomic E-state index is 0.684. The smallest absolute Gasteiger partial charge is 0.119 e. The topological polar surface area (TPSA) is 12.5 Å². The molecule has 2 nitrogen and oxygen atoms in total. The zero-order valence-electron chi connectivity index (χ0n) is 9.91. The van der Waals surface area contributed by atoms with Crippen LogP contribution < -0.4 is 4.74 Å². The van der Waals surface area contributed by atoms with E-state index in [9.17, 15) is 0 Å². The van der Waals surface area contributed by atoms with Gasteiger partial charge >= 0.3 is 0 Å².